The van der Waals surface area contributed by atoms with Gasteiger partial charge in [0.05, 0.1) is 19.6 Å². The third-order valence-electron chi connectivity index (χ3n) is 4.13. The van der Waals surface area contributed by atoms with Crippen molar-refractivity contribution in [2.75, 3.05) is 7.11 Å². The van der Waals surface area contributed by atoms with E-state index in [1.54, 1.807) is 7.11 Å². The third kappa shape index (κ3) is 2.44. The van der Waals surface area contributed by atoms with E-state index in [4.69, 9.17) is 4.74 Å². The van der Waals surface area contributed by atoms with Gasteiger partial charge in [0, 0.05) is 22.5 Å². The van der Waals surface area contributed by atoms with Gasteiger partial charge in [-0.2, -0.15) is 5.26 Å². The minimum Gasteiger partial charge on any atom is -0.497 e. The van der Waals surface area contributed by atoms with Crippen LogP contribution in [0.4, 0.5) is 0 Å². The van der Waals surface area contributed by atoms with Gasteiger partial charge in [-0.15, -0.1) is 0 Å². The molecule has 0 aliphatic carbocycles. The van der Waals surface area contributed by atoms with E-state index in [-0.39, 0.29) is 5.92 Å². The molecular formula is C19H18N2O. The Kier molecular flexibility index (Phi) is 3.84. The molecule has 1 unspecified atom stereocenters. The molecule has 3 rings (SSSR count). The van der Waals surface area contributed by atoms with E-state index in [1.165, 1.54) is 5.56 Å². The first-order valence-corrected chi connectivity index (χ1v) is 7.35. The van der Waals surface area contributed by atoms with Crippen molar-refractivity contribution >= 4 is 10.9 Å². The zero-order chi connectivity index (χ0) is 15.5. The summed E-state index contributed by atoms with van der Waals surface area (Å²) in [7, 11) is 1.66. The van der Waals surface area contributed by atoms with Gasteiger partial charge in [0.2, 0.25) is 0 Å². The molecule has 1 aromatic heterocycles. The second kappa shape index (κ2) is 5.95. The number of fused-ring (bicyclic) bond motifs is 1. The SMILES string of the molecule is COc1ccc2[nH]c(C(C)c3ccccc3)c(CC#N)c2c1. The van der Waals surface area contributed by atoms with Gasteiger partial charge in [-0.25, -0.2) is 0 Å². The predicted molar refractivity (Wildman–Crippen MR) is 88.1 cm³/mol. The lowest BCUT2D eigenvalue weighted by molar-refractivity contribution is 0.415. The average molecular weight is 290 g/mol. The zero-order valence-electron chi connectivity index (χ0n) is 12.8. The Balaban J connectivity index is 2.16. The third-order valence-corrected chi connectivity index (χ3v) is 4.13. The first kappa shape index (κ1) is 14.2. The van der Waals surface area contributed by atoms with Crippen molar-refractivity contribution in [3.05, 3.63) is 65.4 Å². The van der Waals surface area contributed by atoms with Crippen molar-refractivity contribution < 1.29 is 4.74 Å². The summed E-state index contributed by atoms with van der Waals surface area (Å²) in [6.07, 6.45) is 0.389. The molecule has 0 spiro atoms. The Morgan fingerprint density at radius 3 is 2.64 bits per heavy atom. The maximum atomic E-state index is 9.21. The zero-order valence-corrected chi connectivity index (χ0v) is 12.8. The molecule has 0 bridgehead atoms. The van der Waals surface area contributed by atoms with Crippen molar-refractivity contribution in [2.24, 2.45) is 0 Å². The molecule has 0 radical (unpaired) electrons. The molecule has 3 nitrogen and oxygen atoms in total. The van der Waals surface area contributed by atoms with Gasteiger partial charge in [0.1, 0.15) is 5.75 Å². The quantitative estimate of drug-likeness (QED) is 0.774. The fraction of sp³-hybridized carbons (Fsp3) is 0.211. The lowest BCUT2D eigenvalue weighted by Gasteiger charge is -2.12. The van der Waals surface area contributed by atoms with Crippen molar-refractivity contribution in [1.82, 2.24) is 4.98 Å². The van der Waals surface area contributed by atoms with E-state index >= 15 is 0 Å². The number of methoxy groups -OCH3 is 1. The molecule has 2 aromatic carbocycles. The van der Waals surface area contributed by atoms with Crippen LogP contribution in [0.5, 0.6) is 5.75 Å². The molecule has 0 saturated carbocycles. The number of nitrogens with zero attached hydrogens (tertiary/aromatic N) is 1. The highest BCUT2D eigenvalue weighted by molar-refractivity contribution is 5.86. The maximum absolute atomic E-state index is 9.21. The van der Waals surface area contributed by atoms with Crippen LogP contribution in [0.3, 0.4) is 0 Å². The van der Waals surface area contributed by atoms with E-state index in [1.807, 2.05) is 36.4 Å². The monoisotopic (exact) mass is 290 g/mol. The molecule has 0 amide bonds. The summed E-state index contributed by atoms with van der Waals surface area (Å²) in [5, 5.41) is 10.3. The van der Waals surface area contributed by atoms with Crippen LogP contribution in [0, 0.1) is 11.3 Å². The van der Waals surface area contributed by atoms with Crippen LogP contribution in [-0.2, 0) is 6.42 Å². The highest BCUT2D eigenvalue weighted by atomic mass is 16.5. The first-order chi connectivity index (χ1) is 10.7. The van der Waals surface area contributed by atoms with Crippen molar-refractivity contribution in [2.45, 2.75) is 19.3 Å². The number of aromatic nitrogens is 1. The molecule has 1 atom stereocenters. The fourth-order valence-corrected chi connectivity index (χ4v) is 2.92. The number of rotatable bonds is 4. The van der Waals surface area contributed by atoms with E-state index in [0.29, 0.717) is 6.42 Å². The largest absolute Gasteiger partial charge is 0.497 e. The van der Waals surface area contributed by atoms with E-state index in [9.17, 15) is 5.26 Å². The van der Waals surface area contributed by atoms with Crippen LogP contribution in [0.2, 0.25) is 0 Å². The number of nitrogens with one attached hydrogen (secondary N) is 1. The first-order valence-electron chi connectivity index (χ1n) is 7.35. The van der Waals surface area contributed by atoms with Gasteiger partial charge >= 0.3 is 0 Å². The lowest BCUT2D eigenvalue weighted by atomic mass is 9.93. The summed E-state index contributed by atoms with van der Waals surface area (Å²) >= 11 is 0. The summed E-state index contributed by atoms with van der Waals surface area (Å²) in [5.41, 5.74) is 4.45. The van der Waals surface area contributed by atoms with E-state index in [2.05, 4.69) is 30.1 Å². The molecule has 3 heteroatoms. The van der Waals surface area contributed by atoms with Gasteiger partial charge in [-0.1, -0.05) is 37.3 Å². The van der Waals surface area contributed by atoms with E-state index in [0.717, 1.165) is 27.9 Å². The van der Waals surface area contributed by atoms with Crippen molar-refractivity contribution in [3.8, 4) is 11.8 Å². The molecule has 1 heterocycles. The lowest BCUT2D eigenvalue weighted by Crippen LogP contribution is -2.00. The summed E-state index contributed by atoms with van der Waals surface area (Å²) in [4.78, 5) is 3.49. The molecule has 0 aliphatic heterocycles. The Hall–Kier alpha value is -2.73. The molecule has 0 aliphatic rings. The highest BCUT2D eigenvalue weighted by Gasteiger charge is 2.18. The Bertz CT molecular complexity index is 828. The number of nitriles is 1. The number of benzene rings is 2. The molecule has 0 fully saturated rings. The van der Waals surface area contributed by atoms with Crippen LogP contribution in [0.15, 0.2) is 48.5 Å². The fourth-order valence-electron chi connectivity index (χ4n) is 2.92. The predicted octanol–water partition coefficient (Wildman–Crippen LogP) is 4.39. The Morgan fingerprint density at radius 1 is 1.18 bits per heavy atom. The van der Waals surface area contributed by atoms with Crippen LogP contribution in [-0.4, -0.2) is 12.1 Å². The minimum atomic E-state index is 0.211. The second-order valence-corrected chi connectivity index (χ2v) is 5.40. The number of hydrogen-bond donors (Lipinski definition) is 1. The average Bonchev–Trinajstić information content (AvgIpc) is 2.93. The molecular weight excluding hydrogens is 272 g/mol. The van der Waals surface area contributed by atoms with Crippen molar-refractivity contribution in [1.29, 1.82) is 5.26 Å². The summed E-state index contributed by atoms with van der Waals surface area (Å²) < 4.78 is 5.31. The van der Waals surface area contributed by atoms with Gasteiger partial charge in [-0.05, 0) is 29.3 Å². The van der Waals surface area contributed by atoms with Crippen LogP contribution < -0.4 is 4.74 Å². The van der Waals surface area contributed by atoms with Crippen molar-refractivity contribution in [3.63, 3.8) is 0 Å². The van der Waals surface area contributed by atoms with Gasteiger partial charge in [0.25, 0.3) is 0 Å². The summed E-state index contributed by atoms with van der Waals surface area (Å²) in [6.45, 7) is 2.16. The Labute approximate surface area is 130 Å². The van der Waals surface area contributed by atoms with Gasteiger partial charge in [0.15, 0.2) is 0 Å². The number of aromatic amines is 1. The minimum absolute atomic E-state index is 0.211. The van der Waals surface area contributed by atoms with Crippen LogP contribution >= 0.6 is 0 Å². The van der Waals surface area contributed by atoms with Gasteiger partial charge in [-0.3, -0.25) is 0 Å². The number of ether oxygens (including phenoxy) is 1. The normalized spacial score (nSPS) is 12.0. The standard InChI is InChI=1S/C19H18N2O/c1-13(14-6-4-3-5-7-14)19-16(10-11-20)17-12-15(22-2)8-9-18(17)21-19/h3-9,12-13,21H,10H2,1-2H3. The summed E-state index contributed by atoms with van der Waals surface area (Å²) in [5.74, 6) is 1.02. The Morgan fingerprint density at radius 2 is 1.95 bits per heavy atom. The number of H-pyrrole nitrogens is 1. The smallest absolute Gasteiger partial charge is 0.119 e. The molecule has 3 aromatic rings. The highest BCUT2D eigenvalue weighted by Crippen LogP contribution is 2.33. The topological polar surface area (TPSA) is 48.8 Å². The van der Waals surface area contributed by atoms with Crippen LogP contribution in [0.25, 0.3) is 10.9 Å². The molecule has 1 N–H and O–H groups in total. The maximum Gasteiger partial charge on any atom is 0.119 e. The molecule has 0 saturated heterocycles. The second-order valence-electron chi connectivity index (χ2n) is 5.40. The molecule has 22 heavy (non-hydrogen) atoms. The van der Waals surface area contributed by atoms with Crippen LogP contribution in [0.1, 0.15) is 29.7 Å². The number of hydrogen-bond acceptors (Lipinski definition) is 2. The summed E-state index contributed by atoms with van der Waals surface area (Å²) in [6, 6.07) is 18.6. The molecule has 110 valence electrons. The van der Waals surface area contributed by atoms with Gasteiger partial charge < -0.3 is 9.72 Å². The van der Waals surface area contributed by atoms with E-state index < -0.39 is 0 Å².